The van der Waals surface area contributed by atoms with Crippen molar-refractivity contribution in [3.63, 3.8) is 0 Å². The van der Waals surface area contributed by atoms with Crippen LogP contribution in [0.2, 0.25) is 0 Å². The lowest BCUT2D eigenvalue weighted by Crippen LogP contribution is -2.40. The third-order valence-electron chi connectivity index (χ3n) is 5.08. The van der Waals surface area contributed by atoms with Gasteiger partial charge in [0.2, 0.25) is 15.9 Å². The molecule has 3 rings (SSSR count). The van der Waals surface area contributed by atoms with Gasteiger partial charge in [-0.05, 0) is 47.9 Å². The highest BCUT2D eigenvalue weighted by atomic mass is 32.2. The highest BCUT2D eigenvalue weighted by molar-refractivity contribution is 7.89. The monoisotopic (exact) mass is 460 g/mol. The molecule has 32 heavy (non-hydrogen) atoms. The summed E-state index contributed by atoms with van der Waals surface area (Å²) in [5.41, 5.74) is 1.75. The predicted molar refractivity (Wildman–Crippen MR) is 121 cm³/mol. The number of carbonyl (C=O) groups is 1. The Kier molecular flexibility index (Phi) is 8.26. The smallest absolute Gasteiger partial charge is 0.244 e. The topological polar surface area (TPSA) is 94.2 Å². The molecular formula is C23H28N2O6S. The van der Waals surface area contributed by atoms with Gasteiger partial charge in [0.1, 0.15) is 0 Å². The van der Waals surface area contributed by atoms with Crippen molar-refractivity contribution >= 4 is 22.0 Å². The molecule has 1 heterocycles. The van der Waals surface area contributed by atoms with Gasteiger partial charge in [-0.15, -0.1) is 0 Å². The molecule has 172 valence electrons. The van der Waals surface area contributed by atoms with Gasteiger partial charge in [0.15, 0.2) is 11.5 Å². The molecule has 0 spiro atoms. The van der Waals surface area contributed by atoms with Crippen LogP contribution in [0.5, 0.6) is 11.5 Å². The number of ether oxygens (including phenoxy) is 3. The van der Waals surface area contributed by atoms with Gasteiger partial charge in [-0.25, -0.2) is 8.42 Å². The van der Waals surface area contributed by atoms with E-state index in [0.29, 0.717) is 50.8 Å². The van der Waals surface area contributed by atoms with E-state index in [1.54, 1.807) is 56.7 Å². The number of hydrogen-bond donors (Lipinski definition) is 1. The van der Waals surface area contributed by atoms with E-state index in [1.165, 1.54) is 10.4 Å². The van der Waals surface area contributed by atoms with Gasteiger partial charge in [0, 0.05) is 25.7 Å². The van der Waals surface area contributed by atoms with Crippen LogP contribution in [0.3, 0.4) is 0 Å². The van der Waals surface area contributed by atoms with E-state index in [2.05, 4.69) is 5.32 Å². The molecule has 8 nitrogen and oxygen atoms in total. The number of amides is 1. The van der Waals surface area contributed by atoms with Crippen LogP contribution in [0, 0.1) is 0 Å². The van der Waals surface area contributed by atoms with Crippen LogP contribution in [0.15, 0.2) is 53.4 Å². The predicted octanol–water partition coefficient (Wildman–Crippen LogP) is 2.10. The van der Waals surface area contributed by atoms with Crippen molar-refractivity contribution in [1.82, 2.24) is 9.62 Å². The first-order valence-electron chi connectivity index (χ1n) is 10.3. The van der Waals surface area contributed by atoms with E-state index in [1.807, 2.05) is 6.07 Å². The first-order valence-corrected chi connectivity index (χ1v) is 11.7. The Balaban J connectivity index is 1.50. The number of methoxy groups -OCH3 is 2. The van der Waals surface area contributed by atoms with E-state index in [9.17, 15) is 13.2 Å². The number of benzene rings is 2. The quantitative estimate of drug-likeness (QED) is 0.576. The summed E-state index contributed by atoms with van der Waals surface area (Å²) in [7, 11) is -0.373. The largest absolute Gasteiger partial charge is 0.493 e. The molecule has 9 heteroatoms. The molecule has 0 bridgehead atoms. The molecule has 0 aromatic heterocycles. The SMILES string of the molecule is COc1ccc(/C=C/C(=O)NCCc2ccc(S(=O)(=O)N3CCOCC3)cc2)cc1OC. The van der Waals surface area contributed by atoms with Gasteiger partial charge < -0.3 is 19.5 Å². The zero-order valence-electron chi connectivity index (χ0n) is 18.2. The lowest BCUT2D eigenvalue weighted by atomic mass is 10.1. The molecule has 1 fully saturated rings. The minimum atomic E-state index is -3.50. The van der Waals surface area contributed by atoms with Gasteiger partial charge in [0.05, 0.1) is 32.3 Å². The molecule has 0 aliphatic carbocycles. The Hall–Kier alpha value is -2.88. The first kappa shape index (κ1) is 23.8. The molecule has 1 saturated heterocycles. The summed E-state index contributed by atoms with van der Waals surface area (Å²) in [5.74, 6) is 0.998. The number of nitrogens with zero attached hydrogens (tertiary/aromatic N) is 1. The van der Waals surface area contributed by atoms with Gasteiger partial charge in [-0.2, -0.15) is 4.31 Å². The lowest BCUT2D eigenvalue weighted by molar-refractivity contribution is -0.116. The number of nitrogens with one attached hydrogen (secondary N) is 1. The summed E-state index contributed by atoms with van der Waals surface area (Å²) in [6.45, 7) is 2.00. The number of morpholine rings is 1. The molecule has 2 aromatic carbocycles. The molecule has 1 N–H and O–H groups in total. The van der Waals surface area contributed by atoms with Crippen LogP contribution in [0.25, 0.3) is 6.08 Å². The minimum absolute atomic E-state index is 0.216. The van der Waals surface area contributed by atoms with Gasteiger partial charge in [0.25, 0.3) is 0 Å². The van der Waals surface area contributed by atoms with Gasteiger partial charge in [-0.1, -0.05) is 18.2 Å². The molecule has 2 aromatic rings. The summed E-state index contributed by atoms with van der Waals surface area (Å²) in [5, 5.41) is 2.83. The lowest BCUT2D eigenvalue weighted by Gasteiger charge is -2.26. The molecular weight excluding hydrogens is 432 g/mol. The first-order chi connectivity index (χ1) is 15.4. The maximum atomic E-state index is 12.7. The molecule has 1 aliphatic heterocycles. The Morgan fingerprint density at radius 2 is 1.75 bits per heavy atom. The maximum absolute atomic E-state index is 12.7. The Morgan fingerprint density at radius 1 is 1.06 bits per heavy atom. The van der Waals surface area contributed by atoms with Crippen molar-refractivity contribution in [2.24, 2.45) is 0 Å². The average Bonchev–Trinajstić information content (AvgIpc) is 2.83. The summed E-state index contributed by atoms with van der Waals surface area (Å²) in [4.78, 5) is 12.4. The molecule has 0 unspecified atom stereocenters. The van der Waals surface area contributed by atoms with Crippen molar-refractivity contribution in [1.29, 1.82) is 0 Å². The average molecular weight is 461 g/mol. The maximum Gasteiger partial charge on any atom is 0.244 e. The molecule has 0 radical (unpaired) electrons. The van der Waals surface area contributed by atoms with Crippen LogP contribution in [0.4, 0.5) is 0 Å². The summed E-state index contributed by atoms with van der Waals surface area (Å²) in [6.07, 6.45) is 3.75. The van der Waals surface area contributed by atoms with Crippen LogP contribution < -0.4 is 14.8 Å². The zero-order valence-corrected chi connectivity index (χ0v) is 19.1. The molecule has 1 aliphatic rings. The van der Waals surface area contributed by atoms with Crippen LogP contribution >= 0.6 is 0 Å². The fourth-order valence-electron chi connectivity index (χ4n) is 3.28. The third kappa shape index (κ3) is 6.09. The van der Waals surface area contributed by atoms with E-state index in [-0.39, 0.29) is 10.8 Å². The summed E-state index contributed by atoms with van der Waals surface area (Å²) in [6, 6.07) is 12.2. The van der Waals surface area contributed by atoms with Crippen molar-refractivity contribution in [2.45, 2.75) is 11.3 Å². The number of rotatable bonds is 9. The second-order valence-electron chi connectivity index (χ2n) is 7.15. The highest BCUT2D eigenvalue weighted by Crippen LogP contribution is 2.27. The summed E-state index contributed by atoms with van der Waals surface area (Å²) >= 11 is 0. The van der Waals surface area contributed by atoms with Crippen molar-refractivity contribution in [3.8, 4) is 11.5 Å². The third-order valence-corrected chi connectivity index (χ3v) is 6.99. The molecule has 1 amide bonds. The Bertz CT molecular complexity index is 1040. The zero-order chi connectivity index (χ0) is 23.0. The number of hydrogen-bond acceptors (Lipinski definition) is 6. The van der Waals surface area contributed by atoms with E-state index >= 15 is 0 Å². The fourth-order valence-corrected chi connectivity index (χ4v) is 4.69. The van der Waals surface area contributed by atoms with E-state index in [0.717, 1.165) is 11.1 Å². The standard InChI is InChI=1S/C23H28N2O6S/c1-29-21-9-5-19(17-22(21)30-2)6-10-23(26)24-12-11-18-3-7-20(8-4-18)32(27,28)25-13-15-31-16-14-25/h3-10,17H,11-16H2,1-2H3,(H,24,26)/b10-6+. The van der Waals surface area contributed by atoms with Gasteiger partial charge in [-0.3, -0.25) is 4.79 Å². The van der Waals surface area contributed by atoms with Crippen LogP contribution in [-0.2, 0) is 26.0 Å². The van der Waals surface area contributed by atoms with Crippen LogP contribution in [-0.4, -0.2) is 65.7 Å². The second kappa shape index (κ2) is 11.1. The van der Waals surface area contributed by atoms with Crippen LogP contribution in [0.1, 0.15) is 11.1 Å². The Morgan fingerprint density at radius 3 is 2.41 bits per heavy atom. The minimum Gasteiger partial charge on any atom is -0.493 e. The van der Waals surface area contributed by atoms with Crippen molar-refractivity contribution in [2.75, 3.05) is 47.1 Å². The number of carbonyl (C=O) groups excluding carboxylic acids is 1. The highest BCUT2D eigenvalue weighted by Gasteiger charge is 2.25. The molecule has 0 saturated carbocycles. The van der Waals surface area contributed by atoms with E-state index < -0.39 is 10.0 Å². The van der Waals surface area contributed by atoms with Gasteiger partial charge >= 0.3 is 0 Å². The molecule has 0 atom stereocenters. The second-order valence-corrected chi connectivity index (χ2v) is 9.09. The fraction of sp³-hybridized carbons (Fsp3) is 0.348. The van der Waals surface area contributed by atoms with Crippen molar-refractivity contribution < 1.29 is 27.4 Å². The Labute approximate surface area is 188 Å². The van der Waals surface area contributed by atoms with E-state index in [4.69, 9.17) is 14.2 Å². The summed E-state index contributed by atoms with van der Waals surface area (Å²) < 4.78 is 42.4. The normalized spacial score (nSPS) is 14.9. The number of sulfonamides is 1. The van der Waals surface area contributed by atoms with Crippen molar-refractivity contribution in [3.05, 3.63) is 59.7 Å².